The molecule has 2 heterocycles. The van der Waals surface area contributed by atoms with Crippen LogP contribution in [0.3, 0.4) is 0 Å². The van der Waals surface area contributed by atoms with E-state index in [1.165, 1.54) is 44.9 Å². The van der Waals surface area contributed by atoms with E-state index in [1.54, 1.807) is 0 Å². The van der Waals surface area contributed by atoms with Crippen molar-refractivity contribution in [1.29, 1.82) is 0 Å². The third-order valence-corrected chi connectivity index (χ3v) is 5.49. The molecule has 3 rings (SSSR count). The largest absolute Gasteiger partial charge is 0.461 e. The topological polar surface area (TPSA) is 41.6 Å². The summed E-state index contributed by atoms with van der Waals surface area (Å²) in [6, 6.07) is 1.81. The van der Waals surface area contributed by atoms with Crippen LogP contribution in [0.15, 0.2) is 0 Å². The van der Waals surface area contributed by atoms with Gasteiger partial charge in [-0.1, -0.05) is 19.3 Å². The van der Waals surface area contributed by atoms with E-state index in [9.17, 15) is 4.79 Å². The maximum Gasteiger partial charge on any atom is 0.320 e. The van der Waals surface area contributed by atoms with Crippen LogP contribution in [0.4, 0.5) is 0 Å². The Kier molecular flexibility index (Phi) is 4.61. The molecule has 0 amide bonds. The third kappa shape index (κ3) is 3.34. The molecule has 1 saturated carbocycles. The zero-order chi connectivity index (χ0) is 13.9. The number of ether oxygens (including phenoxy) is 1. The molecule has 2 unspecified atom stereocenters. The molecule has 0 aromatic heterocycles. The van der Waals surface area contributed by atoms with Crippen LogP contribution in [0.2, 0.25) is 0 Å². The molecule has 114 valence electrons. The van der Waals surface area contributed by atoms with E-state index in [0.717, 1.165) is 12.8 Å². The van der Waals surface area contributed by atoms with Crippen LogP contribution >= 0.6 is 0 Å². The molecule has 0 aromatic carbocycles. The second-order valence-corrected chi connectivity index (χ2v) is 6.85. The van der Waals surface area contributed by atoms with Crippen molar-refractivity contribution in [3.8, 4) is 0 Å². The number of carbonyl (C=O) groups is 1. The highest BCUT2D eigenvalue weighted by Gasteiger charge is 2.39. The van der Waals surface area contributed by atoms with Crippen molar-refractivity contribution >= 4 is 5.97 Å². The van der Waals surface area contributed by atoms with Crippen molar-refractivity contribution in [2.75, 3.05) is 13.6 Å². The molecule has 1 N–H and O–H groups in total. The van der Waals surface area contributed by atoms with E-state index in [-0.39, 0.29) is 12.1 Å². The van der Waals surface area contributed by atoms with Gasteiger partial charge in [0.25, 0.3) is 0 Å². The molecule has 2 atom stereocenters. The van der Waals surface area contributed by atoms with E-state index in [1.807, 2.05) is 0 Å². The van der Waals surface area contributed by atoms with E-state index in [2.05, 4.69) is 17.3 Å². The first-order valence-corrected chi connectivity index (χ1v) is 8.37. The molecular formula is C16H28N2O2. The summed E-state index contributed by atoms with van der Waals surface area (Å²) >= 11 is 0. The number of piperidine rings is 1. The third-order valence-electron chi connectivity index (χ3n) is 5.49. The highest BCUT2D eigenvalue weighted by Crippen LogP contribution is 2.35. The zero-order valence-electron chi connectivity index (χ0n) is 12.6. The second-order valence-electron chi connectivity index (χ2n) is 6.85. The Labute approximate surface area is 122 Å². The van der Waals surface area contributed by atoms with Crippen molar-refractivity contribution < 1.29 is 9.53 Å². The summed E-state index contributed by atoms with van der Waals surface area (Å²) in [7, 11) is 2.21. The zero-order valence-corrected chi connectivity index (χ0v) is 12.6. The lowest BCUT2D eigenvalue weighted by Crippen LogP contribution is -2.44. The first-order valence-electron chi connectivity index (χ1n) is 8.37. The molecule has 2 aliphatic heterocycles. The van der Waals surface area contributed by atoms with Gasteiger partial charge in [0.2, 0.25) is 0 Å². The average Bonchev–Trinajstić information content (AvgIpc) is 2.68. The maximum absolute atomic E-state index is 12.0. The second kappa shape index (κ2) is 6.44. The van der Waals surface area contributed by atoms with Gasteiger partial charge in [0.1, 0.15) is 6.10 Å². The molecule has 1 aliphatic carbocycles. The predicted molar refractivity (Wildman–Crippen MR) is 78.6 cm³/mol. The van der Waals surface area contributed by atoms with Gasteiger partial charge < -0.3 is 15.0 Å². The standard InChI is InChI=1S/C16H28N2O2/c1-18-13-7-8-14(18)10-15(9-13)20-16(19)11-17-12-5-3-2-4-6-12/h12-15,17H,2-11H2,1H3. The van der Waals surface area contributed by atoms with Gasteiger partial charge in [-0.15, -0.1) is 0 Å². The van der Waals surface area contributed by atoms with Crippen LogP contribution in [0.1, 0.15) is 57.8 Å². The van der Waals surface area contributed by atoms with Crippen molar-refractivity contribution in [3.63, 3.8) is 0 Å². The van der Waals surface area contributed by atoms with Gasteiger partial charge in [-0.2, -0.15) is 0 Å². The molecule has 2 bridgehead atoms. The molecule has 3 aliphatic rings. The van der Waals surface area contributed by atoms with E-state index < -0.39 is 0 Å². The first-order chi connectivity index (χ1) is 9.72. The summed E-state index contributed by atoms with van der Waals surface area (Å²) in [5, 5.41) is 3.37. The smallest absolute Gasteiger partial charge is 0.320 e. The fraction of sp³-hybridized carbons (Fsp3) is 0.938. The number of fused-ring (bicyclic) bond motifs is 2. The van der Waals surface area contributed by atoms with Crippen molar-refractivity contribution in [3.05, 3.63) is 0 Å². The van der Waals surface area contributed by atoms with Gasteiger partial charge in [0.15, 0.2) is 0 Å². The highest BCUT2D eigenvalue weighted by atomic mass is 16.5. The molecule has 3 fully saturated rings. The Morgan fingerprint density at radius 1 is 1.10 bits per heavy atom. The highest BCUT2D eigenvalue weighted by molar-refractivity contribution is 5.71. The van der Waals surface area contributed by atoms with Crippen LogP contribution < -0.4 is 5.32 Å². The molecule has 4 nitrogen and oxygen atoms in total. The summed E-state index contributed by atoms with van der Waals surface area (Å²) in [5.41, 5.74) is 0. The number of esters is 1. The first kappa shape index (κ1) is 14.3. The molecular weight excluding hydrogens is 252 g/mol. The van der Waals surface area contributed by atoms with Crippen LogP contribution in [-0.4, -0.2) is 48.7 Å². The molecule has 20 heavy (non-hydrogen) atoms. The minimum absolute atomic E-state index is 0.0514. The lowest BCUT2D eigenvalue weighted by molar-refractivity contribution is -0.151. The van der Waals surface area contributed by atoms with Gasteiger partial charge in [0.05, 0.1) is 6.54 Å². The number of hydrogen-bond acceptors (Lipinski definition) is 4. The van der Waals surface area contributed by atoms with E-state index in [0.29, 0.717) is 24.7 Å². The monoisotopic (exact) mass is 280 g/mol. The minimum Gasteiger partial charge on any atom is -0.461 e. The van der Waals surface area contributed by atoms with Gasteiger partial charge in [-0.25, -0.2) is 0 Å². The lowest BCUT2D eigenvalue weighted by atomic mass is 9.95. The van der Waals surface area contributed by atoms with Crippen molar-refractivity contribution in [2.45, 2.75) is 82.0 Å². The quantitative estimate of drug-likeness (QED) is 0.801. The molecule has 2 saturated heterocycles. The SMILES string of the molecule is CN1C2CCC1CC(OC(=O)CNC1CCCCC1)C2. The minimum atomic E-state index is -0.0514. The van der Waals surface area contributed by atoms with Gasteiger partial charge in [0, 0.05) is 18.1 Å². The summed E-state index contributed by atoms with van der Waals surface area (Å²) in [5.74, 6) is -0.0514. The normalized spacial score (nSPS) is 35.1. The van der Waals surface area contributed by atoms with Gasteiger partial charge >= 0.3 is 5.97 Å². The molecule has 0 aromatic rings. The predicted octanol–water partition coefficient (Wildman–Crippen LogP) is 2.08. The lowest BCUT2D eigenvalue weighted by Gasteiger charge is -2.35. The Hall–Kier alpha value is -0.610. The van der Waals surface area contributed by atoms with Crippen LogP contribution in [0, 0.1) is 0 Å². The maximum atomic E-state index is 12.0. The van der Waals surface area contributed by atoms with Gasteiger partial charge in [-0.3, -0.25) is 4.79 Å². The number of carbonyl (C=O) groups excluding carboxylic acids is 1. The van der Waals surface area contributed by atoms with Crippen molar-refractivity contribution in [2.24, 2.45) is 0 Å². The summed E-state index contributed by atoms with van der Waals surface area (Å²) in [6.07, 6.45) is 11.1. The van der Waals surface area contributed by atoms with E-state index in [4.69, 9.17) is 4.74 Å². The molecule has 0 spiro atoms. The summed E-state index contributed by atoms with van der Waals surface area (Å²) in [4.78, 5) is 14.4. The average molecular weight is 280 g/mol. The van der Waals surface area contributed by atoms with Gasteiger partial charge in [-0.05, 0) is 45.6 Å². The summed E-state index contributed by atoms with van der Waals surface area (Å²) in [6.45, 7) is 0.395. The fourth-order valence-corrected chi connectivity index (χ4v) is 4.22. The number of rotatable bonds is 4. The van der Waals surface area contributed by atoms with Crippen LogP contribution in [0.25, 0.3) is 0 Å². The summed E-state index contributed by atoms with van der Waals surface area (Å²) < 4.78 is 5.68. The Bertz CT molecular complexity index is 327. The molecule has 0 radical (unpaired) electrons. The Morgan fingerprint density at radius 3 is 2.40 bits per heavy atom. The van der Waals surface area contributed by atoms with Crippen LogP contribution in [-0.2, 0) is 9.53 Å². The van der Waals surface area contributed by atoms with E-state index >= 15 is 0 Å². The number of nitrogens with zero attached hydrogens (tertiary/aromatic N) is 1. The number of nitrogens with one attached hydrogen (secondary N) is 1. The fourth-order valence-electron chi connectivity index (χ4n) is 4.22. The number of hydrogen-bond donors (Lipinski definition) is 1. The van der Waals surface area contributed by atoms with Crippen LogP contribution in [0.5, 0.6) is 0 Å². The van der Waals surface area contributed by atoms with Crippen molar-refractivity contribution in [1.82, 2.24) is 10.2 Å². The Morgan fingerprint density at radius 2 is 1.75 bits per heavy atom. The Balaban J connectivity index is 1.38. The molecule has 4 heteroatoms.